The van der Waals surface area contributed by atoms with Crippen molar-refractivity contribution in [1.82, 2.24) is 9.55 Å². The summed E-state index contributed by atoms with van der Waals surface area (Å²) in [6.07, 6.45) is 6.27. The average molecular weight is 250 g/mol. The Hall–Kier alpha value is -1.62. The Bertz CT molecular complexity index is 447. The number of nitrogens with zero attached hydrogens (tertiary/aromatic N) is 2. The normalized spacial score (nSPS) is 18.9. The van der Waals surface area contributed by atoms with Gasteiger partial charge in [0.15, 0.2) is 0 Å². The maximum absolute atomic E-state index is 11.3. The number of aryl methyl sites for hydroxylation is 1. The molecule has 1 saturated heterocycles. The molecule has 0 amide bonds. The van der Waals surface area contributed by atoms with E-state index in [1.54, 1.807) is 19.2 Å². The van der Waals surface area contributed by atoms with Crippen molar-refractivity contribution in [3.63, 3.8) is 0 Å². The molecule has 98 valence electrons. The van der Waals surface area contributed by atoms with Crippen LogP contribution >= 0.6 is 0 Å². The van der Waals surface area contributed by atoms with Gasteiger partial charge in [0, 0.05) is 12.7 Å². The summed E-state index contributed by atoms with van der Waals surface area (Å²) in [6.45, 7) is 5.74. The molecule has 0 aliphatic carbocycles. The number of imidazole rings is 1. The zero-order valence-electron chi connectivity index (χ0n) is 10.8. The molecule has 1 aromatic rings. The second-order valence-corrected chi connectivity index (χ2v) is 4.21. The molecule has 1 fully saturated rings. The average Bonchev–Trinajstić information content (AvgIpc) is 2.63. The van der Waals surface area contributed by atoms with Crippen molar-refractivity contribution in [3.05, 3.63) is 23.8 Å². The predicted octanol–water partition coefficient (Wildman–Crippen LogP) is 1.56. The zero-order valence-corrected chi connectivity index (χ0v) is 10.8. The van der Waals surface area contributed by atoms with Crippen LogP contribution in [0.15, 0.2) is 12.3 Å². The number of hydrogen-bond acceptors (Lipinski definition) is 4. The van der Waals surface area contributed by atoms with Gasteiger partial charge in [-0.3, -0.25) is 0 Å². The lowest BCUT2D eigenvalue weighted by molar-refractivity contribution is -0.137. The molecule has 0 radical (unpaired) electrons. The van der Waals surface area contributed by atoms with Gasteiger partial charge in [-0.2, -0.15) is 0 Å². The SMILES string of the molecule is CCOC(=O)/C=C/c1cnc(C)n1C[C@@H]1CCO1. The Kier molecular flexibility index (Phi) is 4.15. The molecule has 5 nitrogen and oxygen atoms in total. The van der Waals surface area contributed by atoms with Crippen molar-refractivity contribution >= 4 is 12.0 Å². The first-order valence-electron chi connectivity index (χ1n) is 6.19. The first-order valence-corrected chi connectivity index (χ1v) is 6.19. The summed E-state index contributed by atoms with van der Waals surface area (Å²) in [5, 5.41) is 0. The van der Waals surface area contributed by atoms with E-state index in [2.05, 4.69) is 9.55 Å². The number of rotatable bonds is 5. The van der Waals surface area contributed by atoms with Crippen molar-refractivity contribution in [2.24, 2.45) is 0 Å². The molecular formula is C13H18N2O3. The number of ether oxygens (including phenoxy) is 2. The van der Waals surface area contributed by atoms with Crippen molar-refractivity contribution in [2.45, 2.75) is 32.9 Å². The topological polar surface area (TPSA) is 53.3 Å². The van der Waals surface area contributed by atoms with Crippen molar-refractivity contribution < 1.29 is 14.3 Å². The molecule has 1 aliphatic heterocycles. The summed E-state index contributed by atoms with van der Waals surface area (Å²) in [7, 11) is 0. The van der Waals surface area contributed by atoms with E-state index in [1.807, 2.05) is 6.92 Å². The third-order valence-corrected chi connectivity index (χ3v) is 2.94. The number of aromatic nitrogens is 2. The standard InChI is InChI=1S/C13H18N2O3/c1-3-17-13(16)5-4-11-8-14-10(2)15(11)9-12-6-7-18-12/h4-5,8,12H,3,6-7,9H2,1-2H3/b5-4+/t12-/m0/s1. The van der Waals surface area contributed by atoms with E-state index in [1.165, 1.54) is 6.08 Å². The first-order chi connectivity index (χ1) is 8.70. The molecule has 1 atom stereocenters. The van der Waals surface area contributed by atoms with Crippen LogP contribution in [-0.2, 0) is 20.8 Å². The van der Waals surface area contributed by atoms with E-state index in [-0.39, 0.29) is 12.1 Å². The largest absolute Gasteiger partial charge is 0.463 e. The van der Waals surface area contributed by atoms with Gasteiger partial charge in [0.1, 0.15) is 5.82 Å². The maximum atomic E-state index is 11.3. The Morgan fingerprint density at radius 2 is 2.50 bits per heavy atom. The second-order valence-electron chi connectivity index (χ2n) is 4.21. The monoisotopic (exact) mass is 250 g/mol. The summed E-state index contributed by atoms with van der Waals surface area (Å²) in [4.78, 5) is 15.5. The smallest absolute Gasteiger partial charge is 0.330 e. The fourth-order valence-electron chi connectivity index (χ4n) is 1.83. The molecule has 18 heavy (non-hydrogen) atoms. The van der Waals surface area contributed by atoms with Crippen LogP contribution in [-0.4, -0.2) is 34.8 Å². The third kappa shape index (κ3) is 2.98. The molecule has 0 aromatic carbocycles. The molecule has 2 heterocycles. The molecule has 1 aliphatic rings. The van der Waals surface area contributed by atoms with Gasteiger partial charge in [0.05, 0.1) is 31.1 Å². The van der Waals surface area contributed by atoms with Crippen LogP contribution in [0.25, 0.3) is 6.08 Å². The molecule has 0 saturated carbocycles. The van der Waals surface area contributed by atoms with Crippen LogP contribution in [0.3, 0.4) is 0 Å². The highest BCUT2D eigenvalue weighted by molar-refractivity contribution is 5.86. The highest BCUT2D eigenvalue weighted by Gasteiger charge is 2.20. The van der Waals surface area contributed by atoms with Crippen LogP contribution < -0.4 is 0 Å². The summed E-state index contributed by atoms with van der Waals surface area (Å²) in [6, 6.07) is 0. The van der Waals surface area contributed by atoms with Crippen molar-refractivity contribution in [2.75, 3.05) is 13.2 Å². The van der Waals surface area contributed by atoms with Crippen LogP contribution in [0.2, 0.25) is 0 Å². The van der Waals surface area contributed by atoms with Gasteiger partial charge >= 0.3 is 5.97 Å². The van der Waals surface area contributed by atoms with Gasteiger partial charge in [-0.1, -0.05) is 0 Å². The minimum Gasteiger partial charge on any atom is -0.463 e. The number of hydrogen-bond donors (Lipinski definition) is 0. The van der Waals surface area contributed by atoms with Gasteiger partial charge in [0.25, 0.3) is 0 Å². The fourth-order valence-corrected chi connectivity index (χ4v) is 1.83. The minimum absolute atomic E-state index is 0.271. The molecule has 0 spiro atoms. The van der Waals surface area contributed by atoms with E-state index < -0.39 is 0 Å². The number of carbonyl (C=O) groups excluding carboxylic acids is 1. The van der Waals surface area contributed by atoms with Crippen LogP contribution in [0.4, 0.5) is 0 Å². The van der Waals surface area contributed by atoms with E-state index in [0.29, 0.717) is 6.61 Å². The van der Waals surface area contributed by atoms with Crippen molar-refractivity contribution in [3.8, 4) is 0 Å². The highest BCUT2D eigenvalue weighted by Crippen LogP contribution is 2.16. The molecule has 0 bridgehead atoms. The summed E-state index contributed by atoms with van der Waals surface area (Å²) in [5.74, 6) is 0.594. The lowest BCUT2D eigenvalue weighted by Gasteiger charge is -2.27. The van der Waals surface area contributed by atoms with E-state index in [9.17, 15) is 4.79 Å². The summed E-state index contributed by atoms with van der Waals surface area (Å²) < 4.78 is 12.3. The fraction of sp³-hybridized carbons (Fsp3) is 0.538. The molecule has 5 heteroatoms. The second kappa shape index (κ2) is 5.82. The molecular weight excluding hydrogens is 232 g/mol. The van der Waals surface area contributed by atoms with Gasteiger partial charge in [0.2, 0.25) is 0 Å². The van der Waals surface area contributed by atoms with Gasteiger partial charge in [-0.15, -0.1) is 0 Å². The van der Waals surface area contributed by atoms with E-state index in [4.69, 9.17) is 9.47 Å². The minimum atomic E-state index is -0.331. The van der Waals surface area contributed by atoms with E-state index in [0.717, 1.165) is 31.1 Å². The number of carbonyl (C=O) groups is 1. The Morgan fingerprint density at radius 3 is 3.11 bits per heavy atom. The lowest BCUT2D eigenvalue weighted by atomic mass is 10.2. The van der Waals surface area contributed by atoms with Crippen LogP contribution in [0, 0.1) is 6.92 Å². The summed E-state index contributed by atoms with van der Waals surface area (Å²) in [5.41, 5.74) is 0.899. The zero-order chi connectivity index (χ0) is 13.0. The lowest BCUT2D eigenvalue weighted by Crippen LogP contribution is -2.31. The Labute approximate surface area is 106 Å². The van der Waals surface area contributed by atoms with Gasteiger partial charge < -0.3 is 14.0 Å². The van der Waals surface area contributed by atoms with Crippen LogP contribution in [0.5, 0.6) is 0 Å². The molecule has 0 unspecified atom stereocenters. The van der Waals surface area contributed by atoms with Gasteiger partial charge in [-0.05, 0) is 26.3 Å². The molecule has 0 N–H and O–H groups in total. The molecule has 2 rings (SSSR count). The Balaban J connectivity index is 2.05. The van der Waals surface area contributed by atoms with Crippen LogP contribution in [0.1, 0.15) is 24.9 Å². The van der Waals surface area contributed by atoms with Crippen molar-refractivity contribution in [1.29, 1.82) is 0 Å². The Morgan fingerprint density at radius 1 is 1.72 bits per heavy atom. The summed E-state index contributed by atoms with van der Waals surface area (Å²) >= 11 is 0. The number of esters is 1. The molecule has 1 aromatic heterocycles. The predicted molar refractivity (Wildman–Crippen MR) is 67.0 cm³/mol. The maximum Gasteiger partial charge on any atom is 0.330 e. The van der Waals surface area contributed by atoms with E-state index >= 15 is 0 Å². The van der Waals surface area contributed by atoms with Gasteiger partial charge in [-0.25, -0.2) is 9.78 Å². The first kappa shape index (κ1) is 12.8. The highest BCUT2D eigenvalue weighted by atomic mass is 16.5. The third-order valence-electron chi connectivity index (χ3n) is 2.94. The quantitative estimate of drug-likeness (QED) is 0.588.